The normalized spacial score (nSPS) is 12.4. The quantitative estimate of drug-likeness (QED) is 0.658. The zero-order valence-electron chi connectivity index (χ0n) is 12.1. The molecule has 0 aliphatic carbocycles. The minimum Gasteiger partial charge on any atom is -0.472 e. The molecule has 5 heteroatoms. The lowest BCUT2D eigenvalue weighted by Crippen LogP contribution is -2.42. The van der Waals surface area contributed by atoms with Gasteiger partial charge in [0.25, 0.3) is 0 Å². The molecular formula is C15H21N3OS. The predicted molar refractivity (Wildman–Crippen MR) is 84.3 cm³/mol. The van der Waals surface area contributed by atoms with E-state index in [-0.39, 0.29) is 5.41 Å². The summed E-state index contributed by atoms with van der Waals surface area (Å²) in [5.74, 6) is 0.802. The third kappa shape index (κ3) is 3.87. The summed E-state index contributed by atoms with van der Waals surface area (Å²) in [6.45, 7) is 6.00. The molecule has 4 nitrogen and oxygen atoms in total. The van der Waals surface area contributed by atoms with Crippen molar-refractivity contribution in [3.63, 3.8) is 0 Å². The molecule has 2 N–H and O–H groups in total. The maximum atomic E-state index is 5.04. The molecule has 20 heavy (non-hydrogen) atoms. The molecule has 0 bridgehead atoms. The van der Waals surface area contributed by atoms with Gasteiger partial charge in [0.2, 0.25) is 0 Å². The summed E-state index contributed by atoms with van der Waals surface area (Å²) in [7, 11) is 1.78. The van der Waals surface area contributed by atoms with Crippen molar-refractivity contribution in [1.29, 1.82) is 0 Å². The average molecular weight is 291 g/mol. The highest BCUT2D eigenvalue weighted by atomic mass is 32.1. The SMILES string of the molecule is CN=C(NCc1ccoc1)NCC(C)(C)c1cccs1. The van der Waals surface area contributed by atoms with Gasteiger partial charge in [-0.2, -0.15) is 0 Å². The summed E-state index contributed by atoms with van der Waals surface area (Å²) in [5.41, 5.74) is 1.19. The molecule has 0 aliphatic rings. The van der Waals surface area contributed by atoms with Crippen molar-refractivity contribution in [1.82, 2.24) is 10.6 Å². The van der Waals surface area contributed by atoms with Crippen molar-refractivity contribution in [3.05, 3.63) is 46.5 Å². The first kappa shape index (κ1) is 14.7. The van der Waals surface area contributed by atoms with Crippen LogP contribution in [0.4, 0.5) is 0 Å². The zero-order valence-corrected chi connectivity index (χ0v) is 13.0. The average Bonchev–Trinajstić information content (AvgIpc) is 3.12. The molecule has 2 rings (SSSR count). The van der Waals surface area contributed by atoms with Crippen molar-refractivity contribution >= 4 is 17.3 Å². The van der Waals surface area contributed by atoms with Gasteiger partial charge in [-0.1, -0.05) is 19.9 Å². The van der Waals surface area contributed by atoms with Gasteiger partial charge < -0.3 is 15.1 Å². The first-order valence-electron chi connectivity index (χ1n) is 6.61. The van der Waals surface area contributed by atoms with E-state index in [9.17, 15) is 0 Å². The van der Waals surface area contributed by atoms with E-state index < -0.39 is 0 Å². The number of guanidine groups is 1. The fraction of sp³-hybridized carbons (Fsp3) is 0.400. The van der Waals surface area contributed by atoms with Gasteiger partial charge in [0.1, 0.15) is 0 Å². The van der Waals surface area contributed by atoms with E-state index in [2.05, 4.69) is 47.0 Å². The Bertz CT molecular complexity index is 529. The maximum absolute atomic E-state index is 5.04. The van der Waals surface area contributed by atoms with Crippen LogP contribution in [0.2, 0.25) is 0 Å². The first-order valence-corrected chi connectivity index (χ1v) is 7.49. The van der Waals surface area contributed by atoms with Crippen LogP contribution in [-0.4, -0.2) is 19.6 Å². The Kier molecular flexibility index (Phi) is 4.84. The van der Waals surface area contributed by atoms with Crippen molar-refractivity contribution < 1.29 is 4.42 Å². The molecule has 0 radical (unpaired) electrons. The number of furan rings is 1. The lowest BCUT2D eigenvalue weighted by Gasteiger charge is -2.25. The Balaban J connectivity index is 1.85. The van der Waals surface area contributed by atoms with Crippen LogP contribution in [0.5, 0.6) is 0 Å². The Labute approximate surface area is 123 Å². The van der Waals surface area contributed by atoms with E-state index in [0.29, 0.717) is 6.54 Å². The highest BCUT2D eigenvalue weighted by Gasteiger charge is 2.21. The molecule has 0 aromatic carbocycles. The molecular weight excluding hydrogens is 270 g/mol. The minimum atomic E-state index is 0.0847. The van der Waals surface area contributed by atoms with Gasteiger partial charge in [0.15, 0.2) is 5.96 Å². The summed E-state index contributed by atoms with van der Waals surface area (Å²) < 4.78 is 5.04. The van der Waals surface area contributed by atoms with Crippen molar-refractivity contribution in [2.75, 3.05) is 13.6 Å². The monoisotopic (exact) mass is 291 g/mol. The maximum Gasteiger partial charge on any atom is 0.191 e. The molecule has 0 amide bonds. The molecule has 2 aromatic rings. The van der Waals surface area contributed by atoms with E-state index in [1.165, 1.54) is 4.88 Å². The van der Waals surface area contributed by atoms with Crippen LogP contribution in [0.25, 0.3) is 0 Å². The summed E-state index contributed by atoms with van der Waals surface area (Å²) in [6, 6.07) is 6.21. The number of hydrogen-bond acceptors (Lipinski definition) is 3. The number of nitrogens with one attached hydrogen (secondary N) is 2. The molecule has 0 saturated heterocycles. The largest absolute Gasteiger partial charge is 0.472 e. The van der Waals surface area contributed by atoms with Crippen LogP contribution in [-0.2, 0) is 12.0 Å². The van der Waals surface area contributed by atoms with E-state index >= 15 is 0 Å². The van der Waals surface area contributed by atoms with Crippen molar-refractivity contribution in [2.45, 2.75) is 25.8 Å². The Morgan fingerprint density at radius 2 is 2.20 bits per heavy atom. The fourth-order valence-corrected chi connectivity index (χ4v) is 2.71. The minimum absolute atomic E-state index is 0.0847. The number of thiophene rings is 1. The molecule has 0 unspecified atom stereocenters. The predicted octanol–water partition coefficient (Wildman–Crippen LogP) is 2.98. The van der Waals surface area contributed by atoms with Crippen LogP contribution < -0.4 is 10.6 Å². The number of nitrogens with zero attached hydrogens (tertiary/aromatic N) is 1. The summed E-state index contributed by atoms with van der Waals surface area (Å²) in [5, 5.41) is 8.76. The zero-order chi connectivity index (χ0) is 14.4. The molecule has 108 valence electrons. The molecule has 0 spiro atoms. The van der Waals surface area contributed by atoms with E-state index in [1.54, 1.807) is 30.9 Å². The van der Waals surface area contributed by atoms with Crippen molar-refractivity contribution in [2.24, 2.45) is 4.99 Å². The van der Waals surface area contributed by atoms with Gasteiger partial charge in [-0.15, -0.1) is 11.3 Å². The van der Waals surface area contributed by atoms with Gasteiger partial charge in [-0.3, -0.25) is 4.99 Å². The second-order valence-electron chi connectivity index (χ2n) is 5.27. The van der Waals surface area contributed by atoms with Gasteiger partial charge in [0, 0.05) is 36.0 Å². The fourth-order valence-electron chi connectivity index (χ4n) is 1.86. The second kappa shape index (κ2) is 6.61. The van der Waals surface area contributed by atoms with Gasteiger partial charge >= 0.3 is 0 Å². The molecule has 0 saturated carbocycles. The third-order valence-electron chi connectivity index (χ3n) is 3.15. The highest BCUT2D eigenvalue weighted by molar-refractivity contribution is 7.10. The number of rotatable bonds is 5. The van der Waals surface area contributed by atoms with Gasteiger partial charge in [-0.25, -0.2) is 0 Å². The standard InChI is InChI=1S/C15H21N3OS/c1-15(2,13-5-4-8-20-13)11-18-14(16-3)17-9-12-6-7-19-10-12/h4-8,10H,9,11H2,1-3H3,(H2,16,17,18). The van der Waals surface area contributed by atoms with E-state index in [0.717, 1.165) is 18.1 Å². The molecule has 0 atom stereocenters. The van der Waals surface area contributed by atoms with Gasteiger partial charge in [0.05, 0.1) is 12.5 Å². The molecule has 2 aromatic heterocycles. The van der Waals surface area contributed by atoms with E-state index in [1.807, 2.05) is 6.07 Å². The summed E-state index contributed by atoms with van der Waals surface area (Å²) >= 11 is 1.79. The van der Waals surface area contributed by atoms with Crippen LogP contribution in [0.15, 0.2) is 45.5 Å². The molecule has 0 aliphatic heterocycles. The van der Waals surface area contributed by atoms with Crippen LogP contribution >= 0.6 is 11.3 Å². The topological polar surface area (TPSA) is 49.6 Å². The first-order chi connectivity index (χ1) is 9.62. The lowest BCUT2D eigenvalue weighted by molar-refractivity contribution is 0.518. The van der Waals surface area contributed by atoms with Crippen LogP contribution in [0.1, 0.15) is 24.3 Å². The Hall–Kier alpha value is -1.75. The Morgan fingerprint density at radius 3 is 2.80 bits per heavy atom. The third-order valence-corrected chi connectivity index (χ3v) is 4.39. The second-order valence-corrected chi connectivity index (χ2v) is 6.22. The smallest absolute Gasteiger partial charge is 0.191 e. The number of hydrogen-bond donors (Lipinski definition) is 2. The van der Waals surface area contributed by atoms with Crippen LogP contribution in [0, 0.1) is 0 Å². The Morgan fingerprint density at radius 1 is 1.35 bits per heavy atom. The molecule has 0 fully saturated rings. The lowest BCUT2D eigenvalue weighted by atomic mass is 9.91. The summed E-state index contributed by atoms with van der Waals surface area (Å²) in [6.07, 6.45) is 3.41. The molecule has 2 heterocycles. The van der Waals surface area contributed by atoms with Gasteiger partial charge in [-0.05, 0) is 17.5 Å². The number of aliphatic imine (C=N–C) groups is 1. The summed E-state index contributed by atoms with van der Waals surface area (Å²) in [4.78, 5) is 5.61. The van der Waals surface area contributed by atoms with Crippen LogP contribution in [0.3, 0.4) is 0 Å². The highest BCUT2D eigenvalue weighted by Crippen LogP contribution is 2.26. The van der Waals surface area contributed by atoms with E-state index in [4.69, 9.17) is 4.42 Å². The van der Waals surface area contributed by atoms with Crippen molar-refractivity contribution in [3.8, 4) is 0 Å².